The topological polar surface area (TPSA) is 6.48 Å². The Morgan fingerprint density at radius 1 is 0.483 bits per heavy atom. The first kappa shape index (κ1) is 36.8. The number of hydrogen-bond donors (Lipinski definition) is 0. The van der Waals surface area contributed by atoms with E-state index in [1.807, 2.05) is 23.1 Å². The number of aryl methyl sites for hydroxylation is 6. The molecule has 10 rings (SSSR count). The summed E-state index contributed by atoms with van der Waals surface area (Å²) in [7, 11) is 0. The molecular formula is C54H48N2S2. The van der Waals surface area contributed by atoms with E-state index in [9.17, 15) is 0 Å². The molecule has 58 heavy (non-hydrogen) atoms. The second kappa shape index (κ2) is 14.1. The molecule has 286 valence electrons. The first-order chi connectivity index (χ1) is 27.9. The molecule has 7 aromatic carbocycles. The Morgan fingerprint density at radius 3 is 1.69 bits per heavy atom. The van der Waals surface area contributed by atoms with Gasteiger partial charge in [0.05, 0.1) is 0 Å². The van der Waals surface area contributed by atoms with Gasteiger partial charge in [0.2, 0.25) is 0 Å². The molecule has 1 aliphatic heterocycles. The highest BCUT2D eigenvalue weighted by atomic mass is 32.2. The highest BCUT2D eigenvalue weighted by Gasteiger charge is 2.26. The molecule has 1 aromatic heterocycles. The van der Waals surface area contributed by atoms with Crippen molar-refractivity contribution in [3.8, 4) is 11.1 Å². The van der Waals surface area contributed by atoms with E-state index in [1.165, 1.54) is 125 Å². The Morgan fingerprint density at radius 2 is 1.07 bits per heavy atom. The smallest absolute Gasteiger partial charge is 0.0476 e. The lowest BCUT2D eigenvalue weighted by Crippen LogP contribution is -2.19. The van der Waals surface area contributed by atoms with Gasteiger partial charge in [0.25, 0.3) is 0 Å². The molecular weight excluding hydrogens is 741 g/mol. The number of nitrogens with zero attached hydrogens (tertiary/aromatic N) is 2. The van der Waals surface area contributed by atoms with Crippen LogP contribution in [0.5, 0.6) is 0 Å². The maximum absolute atomic E-state index is 2.48. The van der Waals surface area contributed by atoms with Crippen LogP contribution in [0.25, 0.3) is 42.1 Å². The zero-order chi connectivity index (χ0) is 40.0. The fourth-order valence-electron chi connectivity index (χ4n) is 9.71. The van der Waals surface area contributed by atoms with Gasteiger partial charge in [0, 0.05) is 69.5 Å². The Balaban J connectivity index is 1.13. The molecule has 1 aliphatic carbocycles. The first-order valence-corrected chi connectivity index (χ1v) is 22.1. The molecule has 0 amide bonds. The van der Waals surface area contributed by atoms with E-state index in [4.69, 9.17) is 0 Å². The quantitative estimate of drug-likeness (QED) is 0.166. The van der Waals surface area contributed by atoms with Gasteiger partial charge in [-0.15, -0.1) is 11.3 Å². The summed E-state index contributed by atoms with van der Waals surface area (Å²) in [4.78, 5) is 7.54. The number of hydrogen-bond acceptors (Lipinski definition) is 4. The van der Waals surface area contributed by atoms with Crippen molar-refractivity contribution in [2.75, 3.05) is 9.80 Å². The van der Waals surface area contributed by atoms with Crippen molar-refractivity contribution in [1.82, 2.24) is 0 Å². The predicted octanol–water partition coefficient (Wildman–Crippen LogP) is 16.7. The van der Waals surface area contributed by atoms with Gasteiger partial charge in [-0.1, -0.05) is 72.8 Å². The molecule has 1 unspecified atom stereocenters. The van der Waals surface area contributed by atoms with Gasteiger partial charge in [0.1, 0.15) is 0 Å². The second-order valence-corrected chi connectivity index (χ2v) is 19.2. The second-order valence-electron chi connectivity index (χ2n) is 17.0. The van der Waals surface area contributed by atoms with Crippen molar-refractivity contribution in [2.24, 2.45) is 5.92 Å². The first-order valence-electron chi connectivity index (χ1n) is 20.4. The number of anilines is 5. The Hall–Kier alpha value is -5.55. The summed E-state index contributed by atoms with van der Waals surface area (Å²) in [5.74, 6) is 0.492. The van der Waals surface area contributed by atoms with Gasteiger partial charge in [0.15, 0.2) is 0 Å². The SMILES string of the molecule is CC1=CC(N(c2cc(C)cc(C)c2)c2ccc3c(c2)Sc2cccc4c2c-3cc2sc3cc(N(c5cc(C)cc(C)c5)c5cc(C)cc(C)c5)ccc3c24)=CC(C)C1. The van der Waals surface area contributed by atoms with E-state index in [0.717, 1.165) is 6.42 Å². The van der Waals surface area contributed by atoms with Crippen LogP contribution in [0.1, 0.15) is 53.6 Å². The third kappa shape index (κ3) is 6.44. The van der Waals surface area contributed by atoms with Crippen molar-refractivity contribution in [2.45, 2.75) is 71.6 Å². The number of thiophene rings is 1. The van der Waals surface area contributed by atoms with Crippen molar-refractivity contribution in [1.29, 1.82) is 0 Å². The van der Waals surface area contributed by atoms with E-state index < -0.39 is 0 Å². The molecule has 0 saturated heterocycles. The molecule has 1 atom stereocenters. The van der Waals surface area contributed by atoms with Gasteiger partial charge < -0.3 is 9.80 Å². The summed E-state index contributed by atoms with van der Waals surface area (Å²) in [5.41, 5.74) is 18.9. The van der Waals surface area contributed by atoms with E-state index in [0.29, 0.717) is 5.92 Å². The Labute approximate surface area is 351 Å². The molecule has 4 heteroatoms. The summed E-state index contributed by atoms with van der Waals surface area (Å²) in [6, 6.07) is 44.3. The highest BCUT2D eigenvalue weighted by molar-refractivity contribution is 7.99. The van der Waals surface area contributed by atoms with Gasteiger partial charge in [-0.3, -0.25) is 0 Å². The molecule has 2 heterocycles. The molecule has 0 fully saturated rings. The van der Waals surface area contributed by atoms with Crippen LogP contribution in [0.3, 0.4) is 0 Å². The van der Waals surface area contributed by atoms with E-state index in [1.54, 1.807) is 0 Å². The summed E-state index contributed by atoms with van der Waals surface area (Å²) in [6.45, 7) is 17.8. The molecule has 0 radical (unpaired) electrons. The number of allylic oxidation sites excluding steroid dienone is 3. The molecule has 2 nitrogen and oxygen atoms in total. The molecule has 0 spiro atoms. The fourth-order valence-corrected chi connectivity index (χ4v) is 12.1. The monoisotopic (exact) mass is 788 g/mol. The summed E-state index contributed by atoms with van der Waals surface area (Å²) < 4.78 is 2.64. The minimum atomic E-state index is 0.492. The Bertz CT molecular complexity index is 2960. The minimum absolute atomic E-state index is 0.492. The van der Waals surface area contributed by atoms with Crippen LogP contribution in [0.2, 0.25) is 0 Å². The lowest BCUT2D eigenvalue weighted by Gasteiger charge is -2.31. The Kier molecular flexibility index (Phi) is 8.92. The maximum atomic E-state index is 2.48. The molecule has 8 aromatic rings. The fraction of sp³-hybridized carbons (Fsp3) is 0.185. The van der Waals surface area contributed by atoms with E-state index in [-0.39, 0.29) is 0 Å². The maximum Gasteiger partial charge on any atom is 0.0476 e. The van der Waals surface area contributed by atoms with Gasteiger partial charge in [-0.25, -0.2) is 0 Å². The summed E-state index contributed by atoms with van der Waals surface area (Å²) >= 11 is 3.83. The molecule has 0 bridgehead atoms. The third-order valence-corrected chi connectivity index (χ3v) is 13.9. The molecule has 0 saturated carbocycles. The van der Waals surface area contributed by atoms with Crippen LogP contribution in [0, 0.1) is 47.5 Å². The zero-order valence-corrected chi connectivity index (χ0v) is 36.3. The standard InChI is InChI=1S/C54H48N2S2/c1-31-16-32(2)21-41(20-31)55(42-22-33(3)17-34(4)23-42)39-12-14-45-48-30-52-53(47-10-9-11-49(54(47)48)57-50(45)28-39)46-15-13-40(29-51(46)58-52)56(43-24-35(5)18-36(6)25-43)44-26-37(7)19-38(8)27-44/h9-16,18-30,33H,17H2,1-8H3. The lowest BCUT2D eigenvalue weighted by atomic mass is 9.93. The van der Waals surface area contributed by atoms with E-state index in [2.05, 4.69) is 193 Å². The lowest BCUT2D eigenvalue weighted by molar-refractivity contribution is 0.697. The zero-order valence-electron chi connectivity index (χ0n) is 34.6. The summed E-state index contributed by atoms with van der Waals surface area (Å²) in [6.07, 6.45) is 5.93. The van der Waals surface area contributed by atoms with Crippen LogP contribution in [0.15, 0.2) is 148 Å². The van der Waals surface area contributed by atoms with Gasteiger partial charge >= 0.3 is 0 Å². The van der Waals surface area contributed by atoms with Crippen LogP contribution < -0.4 is 9.80 Å². The normalized spacial score (nSPS) is 14.8. The van der Waals surface area contributed by atoms with Crippen molar-refractivity contribution in [3.63, 3.8) is 0 Å². The average molecular weight is 789 g/mol. The van der Waals surface area contributed by atoms with Crippen molar-refractivity contribution in [3.05, 3.63) is 172 Å². The highest BCUT2D eigenvalue weighted by Crippen LogP contribution is 2.53. The molecule has 0 N–H and O–H groups in total. The number of benzene rings is 7. The van der Waals surface area contributed by atoms with Crippen molar-refractivity contribution >= 4 is 82.5 Å². The van der Waals surface area contributed by atoms with Crippen LogP contribution in [0.4, 0.5) is 28.4 Å². The molecule has 2 aliphatic rings. The largest absolute Gasteiger partial charge is 0.311 e. The number of rotatable bonds is 6. The van der Waals surface area contributed by atoms with Crippen LogP contribution in [-0.2, 0) is 0 Å². The average Bonchev–Trinajstić information content (AvgIpc) is 3.51. The van der Waals surface area contributed by atoms with E-state index >= 15 is 0 Å². The number of fused-ring (bicyclic) bond motifs is 6. The third-order valence-electron chi connectivity index (χ3n) is 11.7. The predicted molar refractivity (Wildman–Crippen MR) is 254 cm³/mol. The van der Waals surface area contributed by atoms with Crippen molar-refractivity contribution < 1.29 is 0 Å². The summed E-state index contributed by atoms with van der Waals surface area (Å²) in [5, 5.41) is 5.38. The van der Waals surface area contributed by atoms with Gasteiger partial charge in [-0.2, -0.15) is 0 Å². The van der Waals surface area contributed by atoms with Gasteiger partial charge in [-0.05, 0) is 190 Å². The van der Waals surface area contributed by atoms with Crippen LogP contribution in [-0.4, -0.2) is 0 Å². The minimum Gasteiger partial charge on any atom is -0.311 e. The van der Waals surface area contributed by atoms with Crippen LogP contribution >= 0.6 is 23.1 Å².